The third-order valence-electron chi connectivity index (χ3n) is 12.1. The van der Waals surface area contributed by atoms with Crippen LogP contribution in [0.5, 0.6) is 0 Å². The number of furan rings is 1. The van der Waals surface area contributed by atoms with E-state index in [-0.39, 0.29) is 0 Å². The van der Waals surface area contributed by atoms with Crippen LogP contribution >= 0.6 is 0 Å². The molecule has 0 aliphatic carbocycles. The molecule has 5 nitrogen and oxygen atoms in total. The van der Waals surface area contributed by atoms with E-state index in [2.05, 4.69) is 193 Å². The minimum Gasteiger partial charge on any atom is -0.456 e. The number of nitrogens with zero attached hydrogens (tertiary/aromatic N) is 4. The minimum absolute atomic E-state index is 0.554. The summed E-state index contributed by atoms with van der Waals surface area (Å²) in [6.45, 7) is 0. The quantitative estimate of drug-likeness (QED) is 0.179. The van der Waals surface area contributed by atoms with Gasteiger partial charge in [0.1, 0.15) is 11.2 Å². The average molecular weight is 765 g/mol. The van der Waals surface area contributed by atoms with Crippen molar-refractivity contribution in [3.8, 4) is 39.9 Å². The normalized spacial score (nSPS) is 12.0. The smallest absolute Gasteiger partial charge is 0.238 e. The lowest BCUT2D eigenvalue weighted by Gasteiger charge is -2.13. The first-order valence-corrected chi connectivity index (χ1v) is 20.3. The summed E-state index contributed by atoms with van der Waals surface area (Å²) in [5.74, 6) is 1.73. The molecule has 3 aromatic heterocycles. The van der Waals surface area contributed by atoms with Gasteiger partial charge in [0.15, 0.2) is 11.6 Å². The second-order valence-corrected chi connectivity index (χ2v) is 15.6. The molecule has 0 bridgehead atoms. The Bertz CT molecular complexity index is 3900. The average Bonchev–Trinajstić information content (AvgIpc) is 3.84. The maximum absolute atomic E-state index is 6.43. The monoisotopic (exact) mass is 764 g/mol. The van der Waals surface area contributed by atoms with Gasteiger partial charge in [-0.05, 0) is 115 Å². The van der Waals surface area contributed by atoms with Crippen molar-refractivity contribution in [2.75, 3.05) is 0 Å². The van der Waals surface area contributed by atoms with Gasteiger partial charge in [0, 0.05) is 32.7 Å². The number of hydrogen-bond donors (Lipinski definition) is 0. The molecule has 0 spiro atoms. The minimum atomic E-state index is 0.554. The highest BCUT2D eigenvalue weighted by molar-refractivity contribution is 6.23. The largest absolute Gasteiger partial charge is 0.456 e. The van der Waals surface area contributed by atoms with Crippen LogP contribution in [0.4, 0.5) is 0 Å². The fourth-order valence-electron chi connectivity index (χ4n) is 9.31. The molecule has 0 saturated heterocycles. The molecule has 0 unspecified atom stereocenters. The molecule has 0 saturated carbocycles. The lowest BCUT2D eigenvalue weighted by atomic mass is 9.95. The van der Waals surface area contributed by atoms with Gasteiger partial charge >= 0.3 is 0 Å². The molecule has 5 heteroatoms. The van der Waals surface area contributed by atoms with Gasteiger partial charge in [0.25, 0.3) is 0 Å². The Morgan fingerprint density at radius 1 is 0.333 bits per heavy atom. The lowest BCUT2D eigenvalue weighted by molar-refractivity contribution is 0.669. The maximum Gasteiger partial charge on any atom is 0.238 e. The van der Waals surface area contributed by atoms with Gasteiger partial charge in [-0.15, -0.1) is 0 Å². The number of rotatable bonds is 4. The summed E-state index contributed by atoms with van der Waals surface area (Å²) in [6, 6.07) is 68.7. The van der Waals surface area contributed by atoms with Crippen LogP contribution in [0.1, 0.15) is 0 Å². The Morgan fingerprint density at radius 3 is 1.73 bits per heavy atom. The number of fused-ring (bicyclic) bond motifs is 11. The highest BCUT2D eigenvalue weighted by Gasteiger charge is 2.21. The molecule has 60 heavy (non-hydrogen) atoms. The van der Waals surface area contributed by atoms with Crippen LogP contribution in [0.3, 0.4) is 0 Å². The first-order valence-electron chi connectivity index (χ1n) is 20.3. The van der Waals surface area contributed by atoms with Gasteiger partial charge in [-0.3, -0.25) is 4.57 Å². The number of hydrogen-bond acceptors (Lipinski definition) is 4. The summed E-state index contributed by atoms with van der Waals surface area (Å²) in [4.78, 5) is 16.2. The first kappa shape index (κ1) is 32.9. The molecule has 0 radical (unpaired) electrons. The molecule has 0 amide bonds. The fraction of sp³-hybridized carbons (Fsp3) is 0. The molecule has 0 fully saturated rings. The molecule has 0 N–H and O–H groups in total. The van der Waals surface area contributed by atoms with Crippen molar-refractivity contribution >= 4 is 86.8 Å². The maximum atomic E-state index is 6.43. The van der Waals surface area contributed by atoms with E-state index in [4.69, 9.17) is 19.4 Å². The van der Waals surface area contributed by atoms with Crippen LogP contribution < -0.4 is 0 Å². The van der Waals surface area contributed by atoms with Crippen molar-refractivity contribution in [1.29, 1.82) is 0 Å². The van der Waals surface area contributed by atoms with Crippen LogP contribution in [0, 0.1) is 0 Å². The molecule has 0 atom stereocenters. The molecule has 10 aromatic carbocycles. The molecular weight excluding hydrogens is 733 g/mol. The highest BCUT2D eigenvalue weighted by Crippen LogP contribution is 2.40. The van der Waals surface area contributed by atoms with Crippen molar-refractivity contribution in [2.24, 2.45) is 0 Å². The number of benzene rings is 10. The summed E-state index contributed by atoms with van der Waals surface area (Å²) in [5, 5.41) is 13.7. The Balaban J connectivity index is 1.12. The van der Waals surface area contributed by atoms with Crippen molar-refractivity contribution in [3.63, 3.8) is 0 Å². The standard InChI is InChI=1S/C55H32N4O/c1-2-12-33(13-3-1)44-30-41(26-39-19-9-10-20-42(39)44)54-56-53(40-23-25-50-45(29-40)46-27-35-15-5-7-18-38(35)32-51(46)60-50)57-55(58-54)59-48-24-22-34-14-8-11-21-43(34)52(48)47-28-36-16-4-6-17-37(36)31-49(47)59/h1-32H. The topological polar surface area (TPSA) is 56.7 Å². The van der Waals surface area contributed by atoms with Crippen molar-refractivity contribution < 1.29 is 4.42 Å². The predicted molar refractivity (Wildman–Crippen MR) is 248 cm³/mol. The van der Waals surface area contributed by atoms with Crippen LogP contribution in [0.25, 0.3) is 127 Å². The van der Waals surface area contributed by atoms with Crippen LogP contribution in [-0.4, -0.2) is 19.5 Å². The molecule has 13 rings (SSSR count). The molecule has 13 aromatic rings. The predicted octanol–water partition coefficient (Wildman–Crippen LogP) is 14.5. The van der Waals surface area contributed by atoms with Gasteiger partial charge in [0.05, 0.1) is 11.0 Å². The van der Waals surface area contributed by atoms with Gasteiger partial charge in [0.2, 0.25) is 5.95 Å². The van der Waals surface area contributed by atoms with Crippen molar-refractivity contribution in [1.82, 2.24) is 19.5 Å². The van der Waals surface area contributed by atoms with E-state index >= 15 is 0 Å². The first-order chi connectivity index (χ1) is 29.7. The molecule has 3 heterocycles. The zero-order valence-corrected chi connectivity index (χ0v) is 32.2. The fourth-order valence-corrected chi connectivity index (χ4v) is 9.31. The van der Waals surface area contributed by atoms with Gasteiger partial charge < -0.3 is 4.42 Å². The van der Waals surface area contributed by atoms with Gasteiger partial charge in [-0.25, -0.2) is 4.98 Å². The van der Waals surface area contributed by atoms with Crippen LogP contribution in [0.2, 0.25) is 0 Å². The third kappa shape index (κ3) is 5.03. The van der Waals surface area contributed by atoms with E-state index in [0.717, 1.165) is 76.8 Å². The van der Waals surface area contributed by atoms with Crippen LogP contribution in [0.15, 0.2) is 199 Å². The van der Waals surface area contributed by atoms with E-state index in [1.54, 1.807) is 0 Å². The summed E-state index contributed by atoms with van der Waals surface area (Å²) < 4.78 is 8.66. The zero-order valence-electron chi connectivity index (χ0n) is 32.2. The second kappa shape index (κ2) is 12.7. The summed E-state index contributed by atoms with van der Waals surface area (Å²) in [7, 11) is 0. The van der Waals surface area contributed by atoms with Crippen LogP contribution in [-0.2, 0) is 0 Å². The van der Waals surface area contributed by atoms with Gasteiger partial charge in [-0.1, -0.05) is 133 Å². The van der Waals surface area contributed by atoms with E-state index in [9.17, 15) is 0 Å². The van der Waals surface area contributed by atoms with Crippen molar-refractivity contribution in [3.05, 3.63) is 194 Å². The number of aromatic nitrogens is 4. The summed E-state index contributed by atoms with van der Waals surface area (Å²) >= 11 is 0. The Labute approximate surface area is 343 Å². The Morgan fingerprint density at radius 2 is 0.950 bits per heavy atom. The van der Waals surface area contributed by atoms with E-state index in [0.29, 0.717) is 17.6 Å². The van der Waals surface area contributed by atoms with E-state index in [1.807, 2.05) is 6.07 Å². The SMILES string of the molecule is c1ccc(-c2cc(-c3nc(-c4ccc5oc6cc7ccccc7cc6c5c4)nc(-n4c5cc6ccccc6cc5c5c6ccccc6ccc54)n3)cc3ccccc23)cc1. The lowest BCUT2D eigenvalue weighted by Crippen LogP contribution is -2.06. The Kier molecular flexibility index (Phi) is 6.95. The zero-order chi connectivity index (χ0) is 39.3. The molecule has 0 aliphatic heterocycles. The molecule has 0 aliphatic rings. The molecular formula is C55H32N4O. The van der Waals surface area contributed by atoms with E-state index < -0.39 is 0 Å². The molecule has 278 valence electrons. The van der Waals surface area contributed by atoms with E-state index in [1.165, 1.54) is 32.3 Å². The second-order valence-electron chi connectivity index (χ2n) is 15.6. The summed E-state index contributed by atoms with van der Waals surface area (Å²) in [6.07, 6.45) is 0. The summed E-state index contributed by atoms with van der Waals surface area (Å²) in [5.41, 5.74) is 7.80. The van der Waals surface area contributed by atoms with Gasteiger partial charge in [-0.2, -0.15) is 9.97 Å². The van der Waals surface area contributed by atoms with Crippen molar-refractivity contribution in [2.45, 2.75) is 0 Å². The Hall–Kier alpha value is -8.15. The third-order valence-corrected chi connectivity index (χ3v) is 12.1. The highest BCUT2D eigenvalue weighted by atomic mass is 16.3.